The number of halogens is 1. The van der Waals surface area contributed by atoms with E-state index in [2.05, 4.69) is 4.98 Å². The number of amides is 1. The Labute approximate surface area is 204 Å². The van der Waals surface area contributed by atoms with Crippen molar-refractivity contribution in [2.75, 3.05) is 12.0 Å². The van der Waals surface area contributed by atoms with E-state index in [0.717, 1.165) is 16.9 Å². The predicted molar refractivity (Wildman–Crippen MR) is 130 cm³/mol. The molecular weight excluding hydrogens is 476 g/mol. The molecule has 0 saturated carbocycles. The number of aryl methyl sites for hydroxylation is 1. The Morgan fingerprint density at radius 2 is 1.82 bits per heavy atom. The van der Waals surface area contributed by atoms with Gasteiger partial charge in [0.05, 0.1) is 24.4 Å². The van der Waals surface area contributed by atoms with Crippen LogP contribution in [0, 0.1) is 6.92 Å². The number of aliphatic hydroxyl groups is 1. The summed E-state index contributed by atoms with van der Waals surface area (Å²) in [4.78, 5) is 44.3. The first-order chi connectivity index (χ1) is 16.3. The van der Waals surface area contributed by atoms with Gasteiger partial charge in [-0.2, -0.15) is 0 Å². The molecule has 1 aliphatic rings. The van der Waals surface area contributed by atoms with Crippen LogP contribution in [0.25, 0.3) is 6.08 Å². The molecule has 1 aliphatic heterocycles. The average Bonchev–Trinajstić information content (AvgIpc) is 3.35. The maximum absolute atomic E-state index is 13.2. The largest absolute Gasteiger partial charge is 0.503 e. The Morgan fingerprint density at radius 3 is 2.47 bits per heavy atom. The van der Waals surface area contributed by atoms with Crippen molar-refractivity contribution in [1.29, 1.82) is 0 Å². The van der Waals surface area contributed by atoms with Crippen molar-refractivity contribution < 1.29 is 24.2 Å². The molecule has 0 aliphatic carbocycles. The molecule has 7 nitrogen and oxygen atoms in total. The summed E-state index contributed by atoms with van der Waals surface area (Å²) in [5.74, 6) is -2.58. The molecule has 34 heavy (non-hydrogen) atoms. The smallest absolute Gasteiger partial charge is 0.350 e. The highest BCUT2D eigenvalue weighted by Gasteiger charge is 2.45. The Balaban J connectivity index is 1.80. The molecule has 0 spiro atoms. The molecule has 1 atom stereocenters. The van der Waals surface area contributed by atoms with E-state index >= 15 is 0 Å². The van der Waals surface area contributed by atoms with Crippen molar-refractivity contribution in [2.24, 2.45) is 0 Å². The quantitative estimate of drug-likeness (QED) is 0.379. The van der Waals surface area contributed by atoms with E-state index in [4.69, 9.17) is 16.3 Å². The molecule has 172 valence electrons. The zero-order chi connectivity index (χ0) is 24.4. The molecule has 4 rings (SSSR count). The van der Waals surface area contributed by atoms with Crippen LogP contribution >= 0.6 is 22.9 Å². The van der Waals surface area contributed by atoms with Gasteiger partial charge in [0.25, 0.3) is 5.91 Å². The first-order valence-electron chi connectivity index (χ1n) is 10.2. The maximum atomic E-state index is 13.2. The van der Waals surface area contributed by atoms with Gasteiger partial charge in [-0.05, 0) is 36.3 Å². The zero-order valence-corrected chi connectivity index (χ0v) is 19.8. The molecule has 1 amide bonds. The monoisotopic (exact) mass is 494 g/mol. The lowest BCUT2D eigenvalue weighted by atomic mass is 9.96. The lowest BCUT2D eigenvalue weighted by Gasteiger charge is -2.24. The summed E-state index contributed by atoms with van der Waals surface area (Å²) in [5.41, 5.74) is 1.62. The Morgan fingerprint density at radius 1 is 1.15 bits per heavy atom. The van der Waals surface area contributed by atoms with Crippen molar-refractivity contribution >= 4 is 51.8 Å². The van der Waals surface area contributed by atoms with Crippen LogP contribution in [0.2, 0.25) is 5.02 Å². The van der Waals surface area contributed by atoms with E-state index in [9.17, 15) is 19.5 Å². The number of allylic oxidation sites excluding steroid dienone is 1. The van der Waals surface area contributed by atoms with E-state index in [0.29, 0.717) is 16.3 Å². The van der Waals surface area contributed by atoms with E-state index in [1.165, 1.54) is 18.1 Å². The fourth-order valence-corrected chi connectivity index (χ4v) is 4.75. The van der Waals surface area contributed by atoms with E-state index in [1.54, 1.807) is 37.3 Å². The third-order valence-electron chi connectivity index (χ3n) is 5.25. The Hall–Kier alpha value is -3.75. The highest BCUT2D eigenvalue weighted by molar-refractivity contribution is 7.17. The molecule has 0 bridgehead atoms. The minimum Gasteiger partial charge on any atom is -0.503 e. The predicted octanol–water partition coefficient (Wildman–Crippen LogP) is 5.07. The summed E-state index contributed by atoms with van der Waals surface area (Å²) in [5, 5.41) is 11.4. The van der Waals surface area contributed by atoms with Crippen LogP contribution in [0.4, 0.5) is 5.13 Å². The number of aliphatic hydroxyl groups excluding tert-OH is 1. The Kier molecular flexibility index (Phi) is 6.63. The van der Waals surface area contributed by atoms with Gasteiger partial charge in [-0.25, -0.2) is 9.78 Å². The van der Waals surface area contributed by atoms with Gasteiger partial charge in [0.15, 0.2) is 16.7 Å². The number of hydrogen-bond donors (Lipinski definition) is 1. The minimum atomic E-state index is -0.964. The van der Waals surface area contributed by atoms with Crippen molar-refractivity contribution in [3.05, 3.63) is 98.7 Å². The van der Waals surface area contributed by atoms with E-state index in [1.807, 2.05) is 30.3 Å². The normalized spacial score (nSPS) is 15.9. The lowest BCUT2D eigenvalue weighted by Crippen LogP contribution is -2.30. The molecule has 0 radical (unpaired) electrons. The molecule has 9 heteroatoms. The SMILES string of the molecule is COC(=O)c1sc(N2C(=O)C(O)=C(C(=O)C=Cc3ccccc3)C2c2ccc(Cl)cc2)nc1C. The van der Waals surface area contributed by atoms with Gasteiger partial charge < -0.3 is 9.84 Å². The summed E-state index contributed by atoms with van der Waals surface area (Å²) in [6, 6.07) is 14.8. The van der Waals surface area contributed by atoms with Gasteiger partial charge in [-0.3, -0.25) is 14.5 Å². The first kappa shape index (κ1) is 23.4. The fourth-order valence-electron chi connectivity index (χ4n) is 3.61. The number of carbonyl (C=O) groups is 3. The summed E-state index contributed by atoms with van der Waals surface area (Å²) in [6.07, 6.45) is 2.92. The Bertz CT molecular complexity index is 1330. The van der Waals surface area contributed by atoms with Crippen molar-refractivity contribution in [3.8, 4) is 0 Å². The molecule has 2 aromatic carbocycles. The lowest BCUT2D eigenvalue weighted by molar-refractivity contribution is -0.117. The number of esters is 1. The minimum absolute atomic E-state index is 0.0908. The number of aromatic nitrogens is 1. The van der Waals surface area contributed by atoms with Crippen LogP contribution in [-0.4, -0.2) is 34.9 Å². The van der Waals surface area contributed by atoms with Crippen molar-refractivity contribution in [2.45, 2.75) is 13.0 Å². The standard InChI is InChI=1S/C25H19ClN2O5S/c1-14-22(24(32)33-2)34-25(27-14)28-20(16-9-11-17(26)12-10-16)19(21(30)23(28)31)18(29)13-8-15-6-4-3-5-7-15/h3-13,20,30H,1-2H3. The van der Waals surface area contributed by atoms with Crippen LogP contribution in [0.5, 0.6) is 0 Å². The second-order valence-corrected chi connectivity index (χ2v) is 8.82. The number of thiazole rings is 1. The molecule has 0 saturated heterocycles. The molecular formula is C25H19ClN2O5S. The number of ketones is 1. The van der Waals surface area contributed by atoms with Gasteiger partial charge in [-0.15, -0.1) is 0 Å². The fraction of sp³-hybridized carbons (Fsp3) is 0.120. The van der Waals surface area contributed by atoms with Crippen LogP contribution in [0.1, 0.15) is 32.5 Å². The van der Waals surface area contributed by atoms with Crippen molar-refractivity contribution in [3.63, 3.8) is 0 Å². The second-order valence-electron chi connectivity index (χ2n) is 7.40. The molecule has 1 aromatic heterocycles. The van der Waals surface area contributed by atoms with Crippen LogP contribution < -0.4 is 4.90 Å². The van der Waals surface area contributed by atoms with Gasteiger partial charge >= 0.3 is 5.97 Å². The number of nitrogens with zero attached hydrogens (tertiary/aromatic N) is 2. The van der Waals surface area contributed by atoms with E-state index < -0.39 is 29.5 Å². The van der Waals surface area contributed by atoms with Gasteiger partial charge in [0.2, 0.25) is 0 Å². The number of carbonyl (C=O) groups excluding carboxylic acids is 3. The first-order valence-corrected chi connectivity index (χ1v) is 11.4. The van der Waals surface area contributed by atoms with Crippen LogP contribution in [-0.2, 0) is 14.3 Å². The summed E-state index contributed by atoms with van der Waals surface area (Å²) >= 11 is 6.99. The third kappa shape index (κ3) is 4.37. The average molecular weight is 495 g/mol. The maximum Gasteiger partial charge on any atom is 0.350 e. The molecule has 1 unspecified atom stereocenters. The van der Waals surface area contributed by atoms with Gasteiger partial charge in [-0.1, -0.05) is 71.5 Å². The number of benzene rings is 2. The summed E-state index contributed by atoms with van der Waals surface area (Å²) in [6.45, 7) is 1.62. The highest BCUT2D eigenvalue weighted by atomic mass is 35.5. The van der Waals surface area contributed by atoms with Gasteiger partial charge in [0, 0.05) is 5.02 Å². The molecule has 3 aromatic rings. The summed E-state index contributed by atoms with van der Waals surface area (Å²) < 4.78 is 4.79. The molecule has 0 fully saturated rings. The number of methoxy groups -OCH3 is 1. The molecule has 1 N–H and O–H groups in total. The highest BCUT2D eigenvalue weighted by Crippen LogP contribution is 2.43. The van der Waals surface area contributed by atoms with Gasteiger partial charge in [0.1, 0.15) is 4.88 Å². The van der Waals surface area contributed by atoms with Crippen molar-refractivity contribution in [1.82, 2.24) is 4.98 Å². The number of ether oxygens (including phenoxy) is 1. The number of rotatable bonds is 6. The van der Waals surface area contributed by atoms with Crippen LogP contribution in [0.15, 0.2) is 72.0 Å². The summed E-state index contributed by atoms with van der Waals surface area (Å²) in [7, 11) is 1.25. The topological polar surface area (TPSA) is 96.8 Å². The zero-order valence-electron chi connectivity index (χ0n) is 18.2. The third-order valence-corrected chi connectivity index (χ3v) is 6.64. The van der Waals surface area contributed by atoms with Crippen LogP contribution in [0.3, 0.4) is 0 Å². The molecule has 2 heterocycles. The number of hydrogen-bond acceptors (Lipinski definition) is 7. The van der Waals surface area contributed by atoms with E-state index in [-0.39, 0.29) is 15.6 Å². The second kappa shape index (κ2) is 9.62. The number of anilines is 1.